The minimum atomic E-state index is 0.0213. The molecule has 3 rings (SSSR count). The zero-order chi connectivity index (χ0) is 16.9. The van der Waals surface area contributed by atoms with E-state index in [4.69, 9.17) is 0 Å². The van der Waals surface area contributed by atoms with Crippen molar-refractivity contribution in [3.63, 3.8) is 0 Å². The lowest BCUT2D eigenvalue weighted by Gasteiger charge is -2.31. The smallest absolute Gasteiger partial charge is 0.227 e. The largest absolute Gasteiger partial charge is 0.342 e. The van der Waals surface area contributed by atoms with Crippen LogP contribution in [0.15, 0.2) is 24.3 Å². The van der Waals surface area contributed by atoms with Gasteiger partial charge in [0.1, 0.15) is 0 Å². The van der Waals surface area contributed by atoms with Crippen LogP contribution in [-0.2, 0) is 16.0 Å². The number of likely N-dealkylation sites (tertiary alicyclic amines) is 1. The third kappa shape index (κ3) is 4.37. The van der Waals surface area contributed by atoms with Crippen molar-refractivity contribution in [2.45, 2.75) is 51.9 Å². The molecule has 1 N–H and O–H groups in total. The number of anilines is 1. The number of amides is 2. The first-order chi connectivity index (χ1) is 11.7. The van der Waals surface area contributed by atoms with Crippen molar-refractivity contribution in [3.8, 4) is 0 Å². The Balaban J connectivity index is 1.46. The molecule has 0 radical (unpaired) electrons. The van der Waals surface area contributed by atoms with Gasteiger partial charge in [0, 0.05) is 30.6 Å². The van der Waals surface area contributed by atoms with Gasteiger partial charge in [0.05, 0.1) is 0 Å². The maximum Gasteiger partial charge on any atom is 0.227 e. The molecule has 0 spiro atoms. The first-order valence-corrected chi connectivity index (χ1v) is 9.36. The van der Waals surface area contributed by atoms with Gasteiger partial charge in [0.15, 0.2) is 0 Å². The lowest BCUT2D eigenvalue weighted by molar-refractivity contribution is -0.135. The summed E-state index contributed by atoms with van der Waals surface area (Å²) in [5.74, 6) is 0.695. The number of aryl methyl sites for hydroxylation is 1. The minimum Gasteiger partial charge on any atom is -0.342 e. The summed E-state index contributed by atoms with van der Waals surface area (Å²) < 4.78 is 0. The van der Waals surface area contributed by atoms with Crippen LogP contribution in [0.2, 0.25) is 0 Å². The molecule has 1 saturated heterocycles. The first kappa shape index (κ1) is 17.0. The SMILES string of the molecule is CCCCc1ccc(NC(=O)C2CCN(C(=O)C3CC3)CC2)cc1. The second-order valence-corrected chi connectivity index (χ2v) is 7.16. The van der Waals surface area contributed by atoms with E-state index in [9.17, 15) is 9.59 Å². The number of piperidine rings is 1. The van der Waals surface area contributed by atoms with Crippen molar-refractivity contribution in [1.82, 2.24) is 4.90 Å². The van der Waals surface area contributed by atoms with Gasteiger partial charge in [-0.1, -0.05) is 25.5 Å². The number of nitrogens with zero attached hydrogens (tertiary/aromatic N) is 1. The highest BCUT2D eigenvalue weighted by Crippen LogP contribution is 2.32. The molecule has 4 heteroatoms. The predicted octanol–water partition coefficient (Wildman–Crippen LogP) is 3.62. The highest BCUT2D eigenvalue weighted by Gasteiger charge is 2.35. The third-order valence-corrected chi connectivity index (χ3v) is 5.14. The Bertz CT molecular complexity index is 570. The second kappa shape index (κ2) is 7.82. The number of hydrogen-bond donors (Lipinski definition) is 1. The number of hydrogen-bond acceptors (Lipinski definition) is 2. The average molecular weight is 328 g/mol. The van der Waals surface area contributed by atoms with Crippen molar-refractivity contribution >= 4 is 17.5 Å². The van der Waals surface area contributed by atoms with E-state index in [0.717, 1.165) is 50.9 Å². The van der Waals surface area contributed by atoms with Crippen LogP contribution in [0.3, 0.4) is 0 Å². The van der Waals surface area contributed by atoms with E-state index >= 15 is 0 Å². The Morgan fingerprint density at radius 1 is 1.04 bits per heavy atom. The third-order valence-electron chi connectivity index (χ3n) is 5.14. The summed E-state index contributed by atoms with van der Waals surface area (Å²) in [5.41, 5.74) is 2.19. The van der Waals surface area contributed by atoms with Crippen LogP contribution in [0.25, 0.3) is 0 Å². The highest BCUT2D eigenvalue weighted by atomic mass is 16.2. The summed E-state index contributed by atoms with van der Waals surface area (Å²) in [4.78, 5) is 26.4. The van der Waals surface area contributed by atoms with Gasteiger partial charge < -0.3 is 10.2 Å². The Labute approximate surface area is 144 Å². The Hall–Kier alpha value is -1.84. The number of unbranched alkanes of at least 4 members (excludes halogenated alkanes) is 1. The van der Waals surface area contributed by atoms with Gasteiger partial charge in [0.2, 0.25) is 11.8 Å². The van der Waals surface area contributed by atoms with Crippen molar-refractivity contribution in [2.24, 2.45) is 11.8 Å². The van der Waals surface area contributed by atoms with Crippen LogP contribution in [0.1, 0.15) is 51.0 Å². The second-order valence-electron chi connectivity index (χ2n) is 7.16. The molecule has 0 bridgehead atoms. The van der Waals surface area contributed by atoms with E-state index in [2.05, 4.69) is 24.4 Å². The van der Waals surface area contributed by atoms with Crippen LogP contribution >= 0.6 is 0 Å². The number of rotatable bonds is 6. The molecule has 130 valence electrons. The summed E-state index contributed by atoms with van der Waals surface area (Å²) in [6.45, 7) is 3.64. The predicted molar refractivity (Wildman–Crippen MR) is 95.7 cm³/mol. The molecule has 1 aliphatic carbocycles. The zero-order valence-electron chi connectivity index (χ0n) is 14.6. The van der Waals surface area contributed by atoms with Crippen LogP contribution in [-0.4, -0.2) is 29.8 Å². The minimum absolute atomic E-state index is 0.0213. The van der Waals surface area contributed by atoms with Crippen molar-refractivity contribution in [3.05, 3.63) is 29.8 Å². The molecule has 2 aliphatic rings. The van der Waals surface area contributed by atoms with E-state index in [-0.39, 0.29) is 17.7 Å². The van der Waals surface area contributed by atoms with E-state index in [0.29, 0.717) is 5.91 Å². The fourth-order valence-corrected chi connectivity index (χ4v) is 3.33. The van der Waals surface area contributed by atoms with E-state index in [1.807, 2.05) is 17.0 Å². The molecule has 0 aromatic heterocycles. The normalized spacial score (nSPS) is 18.5. The molecule has 2 fully saturated rings. The molecule has 1 heterocycles. The molecule has 2 amide bonds. The Kier molecular flexibility index (Phi) is 5.54. The average Bonchev–Trinajstić information content (AvgIpc) is 3.46. The lowest BCUT2D eigenvalue weighted by atomic mass is 9.95. The highest BCUT2D eigenvalue weighted by molar-refractivity contribution is 5.92. The topological polar surface area (TPSA) is 49.4 Å². The van der Waals surface area contributed by atoms with Crippen molar-refractivity contribution < 1.29 is 9.59 Å². The molecule has 24 heavy (non-hydrogen) atoms. The monoisotopic (exact) mass is 328 g/mol. The van der Waals surface area contributed by atoms with Gasteiger partial charge in [-0.05, 0) is 56.2 Å². The van der Waals surface area contributed by atoms with Crippen molar-refractivity contribution in [2.75, 3.05) is 18.4 Å². The fourth-order valence-electron chi connectivity index (χ4n) is 3.33. The van der Waals surface area contributed by atoms with E-state index in [1.165, 1.54) is 18.4 Å². The molecule has 4 nitrogen and oxygen atoms in total. The summed E-state index contributed by atoms with van der Waals surface area (Å²) >= 11 is 0. The van der Waals surface area contributed by atoms with Crippen LogP contribution in [0.4, 0.5) is 5.69 Å². The molecule has 1 saturated carbocycles. The Morgan fingerprint density at radius 2 is 1.71 bits per heavy atom. The number of nitrogens with one attached hydrogen (secondary N) is 1. The van der Waals surface area contributed by atoms with Gasteiger partial charge >= 0.3 is 0 Å². The van der Waals surface area contributed by atoms with Crippen LogP contribution in [0.5, 0.6) is 0 Å². The van der Waals surface area contributed by atoms with E-state index < -0.39 is 0 Å². The summed E-state index contributed by atoms with van der Waals surface area (Å²) in [5, 5.41) is 3.03. The standard InChI is InChI=1S/C20H28N2O2/c1-2-3-4-15-5-9-18(10-6-15)21-19(23)16-11-13-22(14-12-16)20(24)17-7-8-17/h5-6,9-10,16-17H,2-4,7-8,11-14H2,1H3,(H,21,23). The maximum absolute atomic E-state index is 12.4. The summed E-state index contributed by atoms with van der Waals surface area (Å²) in [6.07, 6.45) is 7.14. The molecule has 1 aromatic carbocycles. The van der Waals surface area contributed by atoms with Gasteiger partial charge in [-0.3, -0.25) is 9.59 Å². The molecule has 0 atom stereocenters. The molecular formula is C20H28N2O2. The van der Waals surface area contributed by atoms with Gasteiger partial charge in [0.25, 0.3) is 0 Å². The van der Waals surface area contributed by atoms with E-state index in [1.54, 1.807) is 0 Å². The van der Waals surface area contributed by atoms with Gasteiger partial charge in [-0.2, -0.15) is 0 Å². The number of benzene rings is 1. The number of carbonyl (C=O) groups excluding carboxylic acids is 2. The Morgan fingerprint density at radius 3 is 2.29 bits per heavy atom. The van der Waals surface area contributed by atoms with Crippen LogP contribution in [0, 0.1) is 11.8 Å². The quantitative estimate of drug-likeness (QED) is 0.867. The molecule has 1 aromatic rings. The van der Waals surface area contributed by atoms with Gasteiger partial charge in [-0.25, -0.2) is 0 Å². The zero-order valence-corrected chi connectivity index (χ0v) is 14.6. The molecular weight excluding hydrogens is 300 g/mol. The fraction of sp³-hybridized carbons (Fsp3) is 0.600. The molecule has 0 unspecified atom stereocenters. The van der Waals surface area contributed by atoms with Crippen molar-refractivity contribution in [1.29, 1.82) is 0 Å². The first-order valence-electron chi connectivity index (χ1n) is 9.36. The summed E-state index contributed by atoms with van der Waals surface area (Å²) in [6, 6.07) is 8.19. The summed E-state index contributed by atoms with van der Waals surface area (Å²) in [7, 11) is 0. The van der Waals surface area contributed by atoms with Gasteiger partial charge in [-0.15, -0.1) is 0 Å². The maximum atomic E-state index is 12.4. The molecule has 1 aliphatic heterocycles. The lowest BCUT2D eigenvalue weighted by Crippen LogP contribution is -2.42. The number of carbonyl (C=O) groups is 2. The van der Waals surface area contributed by atoms with Crippen LogP contribution < -0.4 is 5.32 Å².